The number of carbonyl (C=O) groups is 1. The number of unbranched alkanes of at least 4 members (excludes halogenated alkanes) is 15. The SMILES string of the molecule is CCCCCCCCCCCCC(OC(=O)CCCCCCCCC)C(O)CO. The number of ether oxygens (including phenoxy) is 1. The Balaban J connectivity index is 3.79. The van der Waals surface area contributed by atoms with Crippen LogP contribution in [0.2, 0.25) is 0 Å². The summed E-state index contributed by atoms with van der Waals surface area (Å²) in [4.78, 5) is 12.1. The first kappa shape index (κ1) is 28.4. The number of aliphatic hydroxyl groups is 2. The van der Waals surface area contributed by atoms with Crippen LogP contribution >= 0.6 is 0 Å². The van der Waals surface area contributed by atoms with Crippen molar-refractivity contribution in [3.8, 4) is 0 Å². The minimum Gasteiger partial charge on any atom is -0.460 e. The van der Waals surface area contributed by atoms with Crippen LogP contribution in [0.15, 0.2) is 0 Å². The zero-order valence-corrected chi connectivity index (χ0v) is 19.5. The molecule has 4 heteroatoms. The normalized spacial score (nSPS) is 13.4. The van der Waals surface area contributed by atoms with Crippen LogP contribution in [-0.2, 0) is 9.53 Å². The van der Waals surface area contributed by atoms with Gasteiger partial charge in [0.25, 0.3) is 0 Å². The number of esters is 1. The molecule has 2 N–H and O–H groups in total. The van der Waals surface area contributed by atoms with Crippen molar-refractivity contribution in [1.82, 2.24) is 0 Å². The first-order valence-corrected chi connectivity index (χ1v) is 12.6. The largest absolute Gasteiger partial charge is 0.460 e. The summed E-state index contributed by atoms with van der Waals surface area (Å²) in [6, 6.07) is 0. The molecule has 0 amide bonds. The lowest BCUT2D eigenvalue weighted by atomic mass is 10.0. The van der Waals surface area contributed by atoms with E-state index in [2.05, 4.69) is 13.8 Å². The van der Waals surface area contributed by atoms with Crippen LogP contribution in [0.3, 0.4) is 0 Å². The van der Waals surface area contributed by atoms with Crippen LogP contribution in [0.1, 0.15) is 136 Å². The van der Waals surface area contributed by atoms with Gasteiger partial charge in [0.15, 0.2) is 0 Å². The average molecular weight is 415 g/mol. The zero-order valence-electron chi connectivity index (χ0n) is 19.5. The minimum atomic E-state index is -0.966. The predicted octanol–water partition coefficient (Wildman–Crippen LogP) is 6.70. The molecule has 0 heterocycles. The summed E-state index contributed by atoms with van der Waals surface area (Å²) >= 11 is 0. The molecule has 0 spiro atoms. The maximum Gasteiger partial charge on any atom is 0.306 e. The molecule has 0 bridgehead atoms. The Labute approximate surface area is 180 Å². The molecule has 0 aromatic rings. The van der Waals surface area contributed by atoms with Gasteiger partial charge in [-0.15, -0.1) is 0 Å². The van der Waals surface area contributed by atoms with Gasteiger partial charge in [-0.3, -0.25) is 4.79 Å². The fraction of sp³-hybridized carbons (Fsp3) is 0.960. The molecule has 0 radical (unpaired) electrons. The Hall–Kier alpha value is -0.610. The van der Waals surface area contributed by atoms with Gasteiger partial charge in [0, 0.05) is 6.42 Å². The Morgan fingerprint density at radius 3 is 1.55 bits per heavy atom. The van der Waals surface area contributed by atoms with Crippen LogP contribution in [0.25, 0.3) is 0 Å². The van der Waals surface area contributed by atoms with Gasteiger partial charge in [0.2, 0.25) is 0 Å². The molecule has 2 atom stereocenters. The minimum absolute atomic E-state index is 0.233. The number of carbonyl (C=O) groups excluding carboxylic acids is 1. The first-order chi connectivity index (χ1) is 14.2. The summed E-state index contributed by atoms with van der Waals surface area (Å²) in [6.45, 7) is 4.10. The fourth-order valence-corrected chi connectivity index (χ4v) is 3.73. The summed E-state index contributed by atoms with van der Waals surface area (Å²) in [5, 5.41) is 19.2. The molecule has 0 aliphatic heterocycles. The molecule has 0 saturated carbocycles. The van der Waals surface area contributed by atoms with Crippen molar-refractivity contribution in [2.75, 3.05) is 6.61 Å². The molecule has 0 aliphatic carbocycles. The quantitative estimate of drug-likeness (QED) is 0.153. The molecule has 0 rings (SSSR count). The summed E-state index contributed by atoms with van der Waals surface area (Å²) in [5.41, 5.74) is 0. The number of hydrogen-bond donors (Lipinski definition) is 2. The Kier molecular flexibility index (Phi) is 21.6. The second kappa shape index (κ2) is 22.1. The molecule has 0 aromatic heterocycles. The van der Waals surface area contributed by atoms with E-state index in [1.165, 1.54) is 83.5 Å². The van der Waals surface area contributed by atoms with Gasteiger partial charge in [-0.05, 0) is 19.3 Å². The van der Waals surface area contributed by atoms with E-state index < -0.39 is 12.2 Å². The van der Waals surface area contributed by atoms with Crippen molar-refractivity contribution >= 4 is 5.97 Å². The summed E-state index contributed by atoms with van der Waals surface area (Å²) in [7, 11) is 0. The van der Waals surface area contributed by atoms with Gasteiger partial charge in [-0.25, -0.2) is 0 Å². The van der Waals surface area contributed by atoms with E-state index in [4.69, 9.17) is 4.74 Å². The molecule has 0 aliphatic rings. The second-order valence-electron chi connectivity index (χ2n) is 8.62. The van der Waals surface area contributed by atoms with E-state index >= 15 is 0 Å². The lowest BCUT2D eigenvalue weighted by Gasteiger charge is -2.22. The Morgan fingerprint density at radius 2 is 1.10 bits per heavy atom. The van der Waals surface area contributed by atoms with Crippen LogP contribution in [0.4, 0.5) is 0 Å². The summed E-state index contributed by atoms with van der Waals surface area (Å²) < 4.78 is 5.48. The molecule has 29 heavy (non-hydrogen) atoms. The van der Waals surface area contributed by atoms with Gasteiger partial charge in [0.1, 0.15) is 12.2 Å². The van der Waals surface area contributed by atoms with Crippen molar-refractivity contribution in [2.24, 2.45) is 0 Å². The standard InChI is InChI=1S/C25H50O4/c1-3-5-7-9-11-12-13-15-16-18-20-24(23(27)22-26)29-25(28)21-19-17-14-10-8-6-4-2/h23-24,26-27H,3-22H2,1-2H3. The average Bonchev–Trinajstić information content (AvgIpc) is 2.73. The molecular weight excluding hydrogens is 364 g/mol. The summed E-state index contributed by atoms with van der Waals surface area (Å²) in [5.74, 6) is -0.233. The van der Waals surface area contributed by atoms with Gasteiger partial charge >= 0.3 is 5.97 Å². The third kappa shape index (κ3) is 19.1. The summed E-state index contributed by atoms with van der Waals surface area (Å²) in [6.07, 6.45) is 20.2. The van der Waals surface area contributed by atoms with Crippen LogP contribution in [-0.4, -0.2) is 35.0 Å². The van der Waals surface area contributed by atoms with Crippen LogP contribution < -0.4 is 0 Å². The number of hydrogen-bond acceptors (Lipinski definition) is 4. The van der Waals surface area contributed by atoms with Crippen molar-refractivity contribution in [2.45, 2.75) is 148 Å². The van der Waals surface area contributed by atoms with E-state index in [1.54, 1.807) is 0 Å². The fourth-order valence-electron chi connectivity index (χ4n) is 3.73. The maximum absolute atomic E-state index is 12.1. The van der Waals surface area contributed by atoms with Crippen molar-refractivity contribution in [1.29, 1.82) is 0 Å². The molecular formula is C25H50O4. The van der Waals surface area contributed by atoms with E-state index in [0.29, 0.717) is 12.8 Å². The zero-order chi connectivity index (χ0) is 21.6. The molecule has 0 aromatic carbocycles. The highest BCUT2D eigenvalue weighted by Gasteiger charge is 2.22. The number of rotatable bonds is 22. The highest BCUT2D eigenvalue weighted by molar-refractivity contribution is 5.69. The van der Waals surface area contributed by atoms with Gasteiger partial charge in [0.05, 0.1) is 6.61 Å². The van der Waals surface area contributed by atoms with Crippen molar-refractivity contribution in [3.63, 3.8) is 0 Å². The van der Waals surface area contributed by atoms with Gasteiger partial charge in [-0.2, -0.15) is 0 Å². The van der Waals surface area contributed by atoms with Crippen LogP contribution in [0, 0.1) is 0 Å². The molecule has 0 fully saturated rings. The number of aliphatic hydroxyl groups excluding tert-OH is 2. The highest BCUT2D eigenvalue weighted by Crippen LogP contribution is 2.16. The van der Waals surface area contributed by atoms with Crippen LogP contribution in [0.5, 0.6) is 0 Å². The molecule has 174 valence electrons. The maximum atomic E-state index is 12.1. The topological polar surface area (TPSA) is 66.8 Å². The van der Waals surface area contributed by atoms with Crippen molar-refractivity contribution < 1.29 is 19.7 Å². The first-order valence-electron chi connectivity index (χ1n) is 12.6. The third-order valence-electron chi connectivity index (χ3n) is 5.73. The van der Waals surface area contributed by atoms with E-state index in [9.17, 15) is 15.0 Å². The van der Waals surface area contributed by atoms with E-state index in [-0.39, 0.29) is 12.6 Å². The predicted molar refractivity (Wildman–Crippen MR) is 122 cm³/mol. The van der Waals surface area contributed by atoms with E-state index in [1.807, 2.05) is 0 Å². The second-order valence-corrected chi connectivity index (χ2v) is 8.62. The lowest BCUT2D eigenvalue weighted by Crippen LogP contribution is -2.34. The molecule has 4 nitrogen and oxygen atoms in total. The van der Waals surface area contributed by atoms with Gasteiger partial charge in [-0.1, -0.05) is 110 Å². The molecule has 2 unspecified atom stereocenters. The smallest absolute Gasteiger partial charge is 0.306 e. The van der Waals surface area contributed by atoms with Crippen molar-refractivity contribution in [3.05, 3.63) is 0 Å². The highest BCUT2D eigenvalue weighted by atomic mass is 16.6. The molecule has 0 saturated heterocycles. The van der Waals surface area contributed by atoms with E-state index in [0.717, 1.165) is 25.7 Å². The van der Waals surface area contributed by atoms with Gasteiger partial charge < -0.3 is 14.9 Å². The lowest BCUT2D eigenvalue weighted by molar-refractivity contribution is -0.157. The Morgan fingerprint density at radius 1 is 0.690 bits per heavy atom. The monoisotopic (exact) mass is 414 g/mol. The Bertz CT molecular complexity index is 346. The third-order valence-corrected chi connectivity index (χ3v) is 5.73.